The van der Waals surface area contributed by atoms with Crippen LogP contribution in [0.4, 0.5) is 0 Å². The number of benzene rings is 1. The second-order valence-electron chi connectivity index (χ2n) is 4.24. The number of ketones is 1. The summed E-state index contributed by atoms with van der Waals surface area (Å²) >= 11 is 0. The topological polar surface area (TPSA) is 17.1 Å². The molecule has 0 N–H and O–H groups in total. The van der Waals surface area contributed by atoms with E-state index in [2.05, 4.69) is 0 Å². The zero-order valence-corrected chi connectivity index (χ0v) is 12.6. The molecule has 106 valence electrons. The Labute approximate surface area is 136 Å². The van der Waals surface area contributed by atoms with Crippen molar-refractivity contribution in [3.05, 3.63) is 102 Å². The first-order valence-corrected chi connectivity index (χ1v) is 6.52. The van der Waals surface area contributed by atoms with Crippen LogP contribution in [0.5, 0.6) is 0 Å². The Morgan fingerprint density at radius 2 is 1.57 bits per heavy atom. The van der Waals surface area contributed by atoms with Crippen molar-refractivity contribution in [2.24, 2.45) is 0 Å². The molecule has 1 nitrogen and oxygen atoms in total. The summed E-state index contributed by atoms with van der Waals surface area (Å²) in [5.41, 5.74) is 1.78. The molecule has 0 aliphatic heterocycles. The molecule has 0 heterocycles. The molecule has 0 radical (unpaired) electrons. The molecule has 0 aliphatic carbocycles. The summed E-state index contributed by atoms with van der Waals surface area (Å²) in [7, 11) is 0. The van der Waals surface area contributed by atoms with Crippen molar-refractivity contribution in [2.75, 3.05) is 0 Å². The molecule has 0 amide bonds. The number of hydrogen-bond acceptors (Lipinski definition) is 1. The Morgan fingerprint density at radius 1 is 0.857 bits per heavy atom. The Morgan fingerprint density at radius 3 is 2.10 bits per heavy atom. The zero-order chi connectivity index (χ0) is 14.0. The van der Waals surface area contributed by atoms with E-state index in [0.29, 0.717) is 0 Å². The van der Waals surface area contributed by atoms with Crippen LogP contribution in [0.1, 0.15) is 15.9 Å². The summed E-state index contributed by atoms with van der Waals surface area (Å²) < 4.78 is 0. The molecule has 0 fully saturated rings. The monoisotopic (exact) mass is 316 g/mol. The van der Waals surface area contributed by atoms with Gasteiger partial charge in [0.2, 0.25) is 0 Å². The Bertz CT molecular complexity index is 602. The third-order valence-electron chi connectivity index (χ3n) is 2.73. The van der Waals surface area contributed by atoms with Crippen LogP contribution in [0.25, 0.3) is 6.08 Å². The van der Waals surface area contributed by atoms with E-state index in [1.165, 1.54) is 0 Å². The molecule has 0 saturated heterocycles. The maximum absolute atomic E-state index is 11.7. The summed E-state index contributed by atoms with van der Waals surface area (Å²) in [5.74, 6) is 0.0387. The standard InChI is InChI=1S/C14H11O.C5H5.Fe/c15-14(13-8-2-1-3-9-13)11-10-12-6-4-5-7-12;1-2-4-5-3-1;/h1-11H;1-5H;/q2*-1;+2/b11-10-;;. The molecule has 0 spiro atoms. The SMILES string of the molecule is O=C(/C=C\c1cc[cH-]c1)c1ccccc1.[Fe+2].c1cc[cH-]c1. The second kappa shape index (κ2) is 9.71. The van der Waals surface area contributed by atoms with E-state index in [9.17, 15) is 4.79 Å². The minimum atomic E-state index is 0. The second-order valence-corrected chi connectivity index (χ2v) is 4.24. The molecule has 3 aromatic rings. The fourth-order valence-corrected chi connectivity index (χ4v) is 1.69. The number of allylic oxidation sites excluding steroid dienone is 1. The summed E-state index contributed by atoms with van der Waals surface area (Å²) in [6.07, 6.45) is 3.43. The quantitative estimate of drug-likeness (QED) is 0.296. The van der Waals surface area contributed by atoms with Gasteiger partial charge in [-0.05, 0) is 6.08 Å². The van der Waals surface area contributed by atoms with Gasteiger partial charge >= 0.3 is 17.1 Å². The van der Waals surface area contributed by atoms with Crippen LogP contribution in [-0.2, 0) is 17.1 Å². The molecule has 3 aromatic carbocycles. The summed E-state index contributed by atoms with van der Waals surface area (Å²) in [6, 6.07) is 27.1. The van der Waals surface area contributed by atoms with Gasteiger partial charge in [-0.2, -0.15) is 42.0 Å². The van der Waals surface area contributed by atoms with Crippen molar-refractivity contribution in [2.45, 2.75) is 0 Å². The third-order valence-corrected chi connectivity index (χ3v) is 2.73. The molecule has 2 heteroatoms. The van der Waals surface area contributed by atoms with Crippen molar-refractivity contribution in [1.82, 2.24) is 0 Å². The average molecular weight is 316 g/mol. The van der Waals surface area contributed by atoms with Gasteiger partial charge in [0.25, 0.3) is 0 Å². The molecule has 0 saturated carbocycles. The molecule has 0 unspecified atom stereocenters. The Kier molecular flexibility index (Phi) is 7.81. The van der Waals surface area contributed by atoms with E-state index >= 15 is 0 Å². The summed E-state index contributed by atoms with van der Waals surface area (Å²) in [4.78, 5) is 11.7. The molecule has 21 heavy (non-hydrogen) atoms. The normalized spacial score (nSPS) is 9.52. The fraction of sp³-hybridized carbons (Fsp3) is 0. The summed E-state index contributed by atoms with van der Waals surface area (Å²) in [5, 5.41) is 0. The number of carbonyl (C=O) groups is 1. The van der Waals surface area contributed by atoms with Crippen molar-refractivity contribution < 1.29 is 21.9 Å². The molecule has 3 rings (SSSR count). The van der Waals surface area contributed by atoms with E-state index in [4.69, 9.17) is 0 Å². The van der Waals surface area contributed by atoms with Crippen molar-refractivity contribution in [1.29, 1.82) is 0 Å². The van der Waals surface area contributed by atoms with E-state index < -0.39 is 0 Å². The number of rotatable bonds is 3. The van der Waals surface area contributed by atoms with E-state index in [1.807, 2.05) is 91.0 Å². The van der Waals surface area contributed by atoms with Crippen LogP contribution in [0.2, 0.25) is 0 Å². The van der Waals surface area contributed by atoms with Gasteiger partial charge in [0.05, 0.1) is 0 Å². The van der Waals surface area contributed by atoms with Gasteiger partial charge in [0.15, 0.2) is 5.78 Å². The van der Waals surface area contributed by atoms with Gasteiger partial charge in [-0.1, -0.05) is 30.3 Å². The van der Waals surface area contributed by atoms with Crippen LogP contribution in [0.3, 0.4) is 0 Å². The molecular weight excluding hydrogens is 300 g/mol. The maximum Gasteiger partial charge on any atom is 2.00 e. The van der Waals surface area contributed by atoms with Crippen LogP contribution in [0.15, 0.2) is 91.0 Å². The van der Waals surface area contributed by atoms with E-state index in [0.717, 1.165) is 11.1 Å². The third kappa shape index (κ3) is 6.22. The molecule has 0 aliphatic rings. The minimum Gasteiger partial charge on any atom is -0.289 e. The average Bonchev–Trinajstić information content (AvgIpc) is 3.21. The van der Waals surface area contributed by atoms with Crippen LogP contribution in [0, 0.1) is 0 Å². The van der Waals surface area contributed by atoms with Gasteiger partial charge < -0.3 is 0 Å². The minimum absolute atomic E-state index is 0. The van der Waals surface area contributed by atoms with Crippen LogP contribution in [-0.4, -0.2) is 5.78 Å². The van der Waals surface area contributed by atoms with E-state index in [-0.39, 0.29) is 22.9 Å². The first-order chi connectivity index (χ1) is 9.86. The first-order valence-electron chi connectivity index (χ1n) is 6.52. The Balaban J connectivity index is 0.000000313. The molecule has 0 bridgehead atoms. The van der Waals surface area contributed by atoms with Gasteiger partial charge in [-0.25, -0.2) is 18.2 Å². The van der Waals surface area contributed by atoms with E-state index in [1.54, 1.807) is 6.08 Å². The molecule has 0 atom stereocenters. The number of hydrogen-bond donors (Lipinski definition) is 0. The first kappa shape index (κ1) is 16.9. The summed E-state index contributed by atoms with van der Waals surface area (Å²) in [6.45, 7) is 0. The molecule has 0 aromatic heterocycles. The van der Waals surface area contributed by atoms with Crippen LogP contribution >= 0.6 is 0 Å². The van der Waals surface area contributed by atoms with Gasteiger partial charge in [-0.15, -0.1) is 6.08 Å². The smallest absolute Gasteiger partial charge is 0.289 e. The predicted octanol–water partition coefficient (Wildman–Crippen LogP) is 4.70. The Hall–Kier alpha value is -2.15. The van der Waals surface area contributed by atoms with Gasteiger partial charge in [-0.3, -0.25) is 4.79 Å². The predicted molar refractivity (Wildman–Crippen MR) is 83.9 cm³/mol. The van der Waals surface area contributed by atoms with Gasteiger partial charge in [0, 0.05) is 5.56 Å². The van der Waals surface area contributed by atoms with Crippen molar-refractivity contribution >= 4 is 11.9 Å². The fourth-order valence-electron chi connectivity index (χ4n) is 1.69. The zero-order valence-electron chi connectivity index (χ0n) is 11.5. The maximum atomic E-state index is 11.7. The molecular formula is C19H16FeO. The number of carbonyl (C=O) groups excluding carboxylic acids is 1. The largest absolute Gasteiger partial charge is 2.00 e. The van der Waals surface area contributed by atoms with Crippen LogP contribution < -0.4 is 0 Å². The van der Waals surface area contributed by atoms with Gasteiger partial charge in [0.1, 0.15) is 0 Å². The van der Waals surface area contributed by atoms with Crippen molar-refractivity contribution in [3.63, 3.8) is 0 Å². The van der Waals surface area contributed by atoms with Crippen molar-refractivity contribution in [3.8, 4) is 0 Å².